The highest BCUT2D eigenvalue weighted by Crippen LogP contribution is 2.23. The maximum Gasteiger partial charge on any atom is 0.195 e. The number of nitrogens with zero attached hydrogens (tertiary/aromatic N) is 2. The Morgan fingerprint density at radius 3 is 3.25 bits per heavy atom. The lowest BCUT2D eigenvalue weighted by molar-refractivity contribution is 0.272. The maximum absolute atomic E-state index is 9.09. The van der Waals surface area contributed by atoms with Crippen molar-refractivity contribution in [1.29, 1.82) is 0 Å². The first-order chi connectivity index (χ1) is 5.86. The number of fused-ring (bicyclic) bond motifs is 1. The lowest BCUT2D eigenvalue weighted by atomic mass is 10.5. The summed E-state index contributed by atoms with van der Waals surface area (Å²) in [5.41, 5.74) is 0.888. The van der Waals surface area contributed by atoms with E-state index in [0.717, 1.165) is 15.7 Å². The third kappa shape index (κ3) is 1.05. The molecule has 64 valence electrons. The summed E-state index contributed by atoms with van der Waals surface area (Å²) in [6.07, 6.45) is 3.89. The van der Waals surface area contributed by atoms with Crippen LogP contribution >= 0.6 is 23.1 Å². The summed E-state index contributed by atoms with van der Waals surface area (Å²) in [6.45, 7) is 0.0497. The minimum absolute atomic E-state index is 0.0497. The van der Waals surface area contributed by atoms with Crippen LogP contribution in [-0.2, 0) is 6.61 Å². The number of thiazole rings is 1. The largest absolute Gasteiger partial charge is 0.390 e. The number of aliphatic hydroxyl groups excluding tert-OH is 1. The molecule has 0 aliphatic carbocycles. The number of imidazole rings is 1. The van der Waals surface area contributed by atoms with Crippen LogP contribution in [0.2, 0.25) is 0 Å². The maximum atomic E-state index is 9.09. The Labute approximate surface area is 78.1 Å². The molecular formula is C7H8N2OS2. The Balaban J connectivity index is 2.70. The van der Waals surface area contributed by atoms with E-state index in [2.05, 4.69) is 4.98 Å². The highest BCUT2D eigenvalue weighted by Gasteiger charge is 2.10. The second-order valence-corrected chi connectivity index (χ2v) is 3.95. The van der Waals surface area contributed by atoms with Crippen molar-refractivity contribution >= 4 is 28.1 Å². The minimum atomic E-state index is 0.0497. The predicted octanol–water partition coefficient (Wildman–Crippen LogP) is 1.61. The van der Waals surface area contributed by atoms with Crippen LogP contribution in [0.15, 0.2) is 16.6 Å². The topological polar surface area (TPSA) is 37.5 Å². The van der Waals surface area contributed by atoms with E-state index in [1.165, 1.54) is 0 Å². The van der Waals surface area contributed by atoms with Gasteiger partial charge in [-0.05, 0) is 6.26 Å². The van der Waals surface area contributed by atoms with Crippen LogP contribution in [0, 0.1) is 0 Å². The van der Waals surface area contributed by atoms with Gasteiger partial charge in [0, 0.05) is 11.6 Å². The number of aliphatic hydroxyl groups is 1. The molecule has 0 radical (unpaired) electrons. The fourth-order valence-corrected chi connectivity index (χ4v) is 2.49. The Hall–Kier alpha value is -0.520. The third-order valence-corrected chi connectivity index (χ3v) is 3.14. The molecule has 0 amide bonds. The van der Waals surface area contributed by atoms with Crippen molar-refractivity contribution < 1.29 is 5.11 Å². The summed E-state index contributed by atoms with van der Waals surface area (Å²) < 4.78 is 1.93. The molecular weight excluding hydrogens is 192 g/mol. The SMILES string of the molecule is CSc1nc2sccn2c1CO. The standard InChI is InChI=1S/C7H8N2OS2/c1-11-6-5(4-10)9-2-3-12-7(9)8-6/h2-3,10H,4H2,1H3. The van der Waals surface area contributed by atoms with Crippen molar-refractivity contribution in [3.05, 3.63) is 17.3 Å². The fraction of sp³-hybridized carbons (Fsp3) is 0.286. The zero-order valence-corrected chi connectivity index (χ0v) is 8.15. The molecule has 0 aliphatic heterocycles. The van der Waals surface area contributed by atoms with E-state index in [1.54, 1.807) is 23.1 Å². The molecule has 2 aromatic rings. The molecule has 0 saturated carbocycles. The summed E-state index contributed by atoms with van der Waals surface area (Å²) in [6, 6.07) is 0. The molecule has 1 N–H and O–H groups in total. The van der Waals surface area contributed by atoms with E-state index < -0.39 is 0 Å². The van der Waals surface area contributed by atoms with E-state index in [1.807, 2.05) is 22.2 Å². The van der Waals surface area contributed by atoms with Crippen LogP contribution in [0.1, 0.15) is 5.69 Å². The first-order valence-electron chi connectivity index (χ1n) is 3.46. The van der Waals surface area contributed by atoms with Gasteiger partial charge < -0.3 is 5.11 Å². The van der Waals surface area contributed by atoms with E-state index in [-0.39, 0.29) is 6.61 Å². The Kier molecular flexibility index (Phi) is 2.08. The molecule has 0 aliphatic rings. The fourth-order valence-electron chi connectivity index (χ4n) is 1.12. The molecule has 0 bridgehead atoms. The van der Waals surface area contributed by atoms with Crippen molar-refractivity contribution in [2.75, 3.05) is 6.26 Å². The second kappa shape index (κ2) is 3.08. The lowest BCUT2D eigenvalue weighted by Gasteiger charge is -1.94. The zero-order chi connectivity index (χ0) is 8.55. The molecule has 5 heteroatoms. The van der Waals surface area contributed by atoms with E-state index in [9.17, 15) is 0 Å². The van der Waals surface area contributed by atoms with E-state index in [0.29, 0.717) is 0 Å². The van der Waals surface area contributed by atoms with Crippen molar-refractivity contribution in [3.8, 4) is 0 Å². The number of thioether (sulfide) groups is 1. The summed E-state index contributed by atoms with van der Waals surface area (Å²) in [7, 11) is 0. The molecule has 0 aromatic carbocycles. The van der Waals surface area contributed by atoms with Crippen LogP contribution in [0.3, 0.4) is 0 Å². The van der Waals surface area contributed by atoms with Crippen LogP contribution < -0.4 is 0 Å². The van der Waals surface area contributed by atoms with E-state index in [4.69, 9.17) is 5.11 Å². The molecule has 0 saturated heterocycles. The first kappa shape index (κ1) is 8.10. The minimum Gasteiger partial charge on any atom is -0.390 e. The van der Waals surface area contributed by atoms with Crippen molar-refractivity contribution in [3.63, 3.8) is 0 Å². The molecule has 12 heavy (non-hydrogen) atoms. The smallest absolute Gasteiger partial charge is 0.195 e. The Morgan fingerprint density at radius 2 is 2.58 bits per heavy atom. The number of aromatic nitrogens is 2. The summed E-state index contributed by atoms with van der Waals surface area (Å²) in [5, 5.41) is 12.0. The molecule has 0 spiro atoms. The molecule has 0 unspecified atom stereocenters. The van der Waals surface area contributed by atoms with Crippen molar-refractivity contribution in [2.24, 2.45) is 0 Å². The van der Waals surface area contributed by atoms with Gasteiger partial charge in [-0.15, -0.1) is 23.1 Å². The van der Waals surface area contributed by atoms with Gasteiger partial charge >= 0.3 is 0 Å². The normalized spacial score (nSPS) is 11.2. The lowest BCUT2D eigenvalue weighted by Crippen LogP contribution is -1.89. The predicted molar refractivity (Wildman–Crippen MR) is 50.8 cm³/mol. The molecule has 0 atom stereocenters. The van der Waals surface area contributed by atoms with Crippen molar-refractivity contribution in [1.82, 2.24) is 9.38 Å². The van der Waals surface area contributed by atoms with Gasteiger partial charge in [-0.3, -0.25) is 4.40 Å². The number of rotatable bonds is 2. The number of hydrogen-bond donors (Lipinski definition) is 1. The third-order valence-electron chi connectivity index (χ3n) is 1.67. The quantitative estimate of drug-likeness (QED) is 0.748. The monoisotopic (exact) mass is 200 g/mol. The number of hydrogen-bond acceptors (Lipinski definition) is 4. The molecule has 2 heterocycles. The summed E-state index contributed by atoms with van der Waals surface area (Å²) in [5.74, 6) is 0. The van der Waals surface area contributed by atoms with Gasteiger partial charge in [-0.1, -0.05) is 0 Å². The Morgan fingerprint density at radius 1 is 1.75 bits per heavy atom. The molecule has 2 rings (SSSR count). The van der Waals surface area contributed by atoms with Crippen LogP contribution in [0.25, 0.3) is 4.96 Å². The Bertz CT molecular complexity index is 393. The van der Waals surface area contributed by atoms with Gasteiger partial charge in [0.2, 0.25) is 0 Å². The van der Waals surface area contributed by atoms with Crippen molar-refractivity contribution in [2.45, 2.75) is 11.6 Å². The average Bonchev–Trinajstić information content (AvgIpc) is 2.61. The van der Waals surface area contributed by atoms with Gasteiger partial charge in [0.1, 0.15) is 5.03 Å². The highest BCUT2D eigenvalue weighted by molar-refractivity contribution is 7.98. The van der Waals surface area contributed by atoms with Gasteiger partial charge in [0.05, 0.1) is 12.3 Å². The van der Waals surface area contributed by atoms with Crippen LogP contribution in [0.4, 0.5) is 0 Å². The summed E-state index contributed by atoms with van der Waals surface area (Å²) in [4.78, 5) is 5.29. The average molecular weight is 200 g/mol. The van der Waals surface area contributed by atoms with Crippen LogP contribution in [0.5, 0.6) is 0 Å². The zero-order valence-electron chi connectivity index (χ0n) is 6.52. The molecule has 3 nitrogen and oxygen atoms in total. The van der Waals surface area contributed by atoms with Gasteiger partial charge in [-0.25, -0.2) is 4.98 Å². The highest BCUT2D eigenvalue weighted by atomic mass is 32.2. The molecule has 0 fully saturated rings. The van der Waals surface area contributed by atoms with E-state index >= 15 is 0 Å². The second-order valence-electron chi connectivity index (χ2n) is 2.28. The van der Waals surface area contributed by atoms with Gasteiger partial charge in [0.15, 0.2) is 4.96 Å². The van der Waals surface area contributed by atoms with Crippen LogP contribution in [-0.4, -0.2) is 20.7 Å². The summed E-state index contributed by atoms with van der Waals surface area (Å²) >= 11 is 3.15. The van der Waals surface area contributed by atoms with Gasteiger partial charge in [0.25, 0.3) is 0 Å². The first-order valence-corrected chi connectivity index (χ1v) is 5.56. The van der Waals surface area contributed by atoms with Gasteiger partial charge in [-0.2, -0.15) is 0 Å². The molecule has 2 aromatic heterocycles.